The summed E-state index contributed by atoms with van der Waals surface area (Å²) < 4.78 is 0. The van der Waals surface area contributed by atoms with Gasteiger partial charge in [0.1, 0.15) is 0 Å². The topological polar surface area (TPSA) is 84.2 Å². The second-order valence-corrected chi connectivity index (χ2v) is 5.44. The molecule has 110 valence electrons. The average Bonchev–Trinajstić information content (AvgIpc) is 2.31. The van der Waals surface area contributed by atoms with Crippen LogP contribution in [0.4, 0.5) is 11.4 Å². The Labute approximate surface area is 119 Å². The fourth-order valence-electron chi connectivity index (χ4n) is 1.87. The summed E-state index contributed by atoms with van der Waals surface area (Å²) in [5, 5.41) is 5.50. The Morgan fingerprint density at radius 2 is 1.90 bits per heavy atom. The summed E-state index contributed by atoms with van der Waals surface area (Å²) in [7, 11) is 0. The van der Waals surface area contributed by atoms with Crippen LogP contribution in [0, 0.1) is 12.8 Å². The van der Waals surface area contributed by atoms with Gasteiger partial charge in [0.25, 0.3) is 0 Å². The van der Waals surface area contributed by atoms with Crippen LogP contribution in [-0.4, -0.2) is 17.9 Å². The number of aryl methyl sites for hydroxylation is 1. The van der Waals surface area contributed by atoms with Gasteiger partial charge >= 0.3 is 0 Å². The standard InChI is InChI=1S/C15H23N3O2/c1-9(2)7-13(16)15(20)18-12-6-5-10(3)14(8-12)17-11(4)19/h5-6,8-9,13H,7,16H2,1-4H3,(H,17,19)(H,18,20). The van der Waals surface area contributed by atoms with Crippen LogP contribution in [0.5, 0.6) is 0 Å². The largest absolute Gasteiger partial charge is 0.326 e. The molecule has 0 aliphatic carbocycles. The van der Waals surface area contributed by atoms with Gasteiger partial charge in [-0.3, -0.25) is 9.59 Å². The van der Waals surface area contributed by atoms with E-state index in [-0.39, 0.29) is 11.8 Å². The van der Waals surface area contributed by atoms with Crippen LogP contribution in [0.15, 0.2) is 18.2 Å². The van der Waals surface area contributed by atoms with Crippen LogP contribution in [0.3, 0.4) is 0 Å². The molecule has 0 heterocycles. The molecule has 0 bridgehead atoms. The normalized spacial score (nSPS) is 12.1. The quantitative estimate of drug-likeness (QED) is 0.772. The highest BCUT2D eigenvalue weighted by atomic mass is 16.2. The lowest BCUT2D eigenvalue weighted by Crippen LogP contribution is -2.36. The van der Waals surface area contributed by atoms with Crippen molar-refractivity contribution in [2.45, 2.75) is 40.2 Å². The summed E-state index contributed by atoms with van der Waals surface area (Å²) in [4.78, 5) is 23.1. The summed E-state index contributed by atoms with van der Waals surface area (Å²) in [6.45, 7) is 7.38. The number of amides is 2. The summed E-state index contributed by atoms with van der Waals surface area (Å²) in [5.41, 5.74) is 8.08. The smallest absolute Gasteiger partial charge is 0.241 e. The minimum absolute atomic E-state index is 0.145. The van der Waals surface area contributed by atoms with Gasteiger partial charge in [-0.15, -0.1) is 0 Å². The molecule has 4 N–H and O–H groups in total. The van der Waals surface area contributed by atoms with Gasteiger partial charge in [-0.1, -0.05) is 19.9 Å². The van der Waals surface area contributed by atoms with Crippen molar-refractivity contribution in [1.29, 1.82) is 0 Å². The Morgan fingerprint density at radius 1 is 1.25 bits per heavy atom. The number of rotatable bonds is 5. The lowest BCUT2D eigenvalue weighted by Gasteiger charge is -2.15. The number of carbonyl (C=O) groups is 2. The van der Waals surface area contributed by atoms with Crippen molar-refractivity contribution in [1.82, 2.24) is 0 Å². The maximum Gasteiger partial charge on any atom is 0.241 e. The highest BCUT2D eigenvalue weighted by molar-refractivity contribution is 5.96. The molecule has 0 radical (unpaired) electrons. The number of anilines is 2. The van der Waals surface area contributed by atoms with Gasteiger partial charge in [-0.2, -0.15) is 0 Å². The van der Waals surface area contributed by atoms with E-state index in [1.807, 2.05) is 26.8 Å². The van der Waals surface area contributed by atoms with Gasteiger partial charge in [-0.05, 0) is 37.0 Å². The van der Waals surface area contributed by atoms with E-state index >= 15 is 0 Å². The van der Waals surface area contributed by atoms with E-state index in [0.717, 1.165) is 5.56 Å². The molecule has 1 aromatic carbocycles. The number of benzene rings is 1. The third-order valence-electron chi connectivity index (χ3n) is 2.88. The van der Waals surface area contributed by atoms with Gasteiger partial charge in [-0.25, -0.2) is 0 Å². The lowest BCUT2D eigenvalue weighted by atomic mass is 10.0. The Bertz CT molecular complexity index is 498. The second-order valence-electron chi connectivity index (χ2n) is 5.44. The number of hydrogen-bond donors (Lipinski definition) is 3. The summed E-state index contributed by atoms with van der Waals surface area (Å²) in [5.74, 6) is 0.00752. The average molecular weight is 277 g/mol. The van der Waals surface area contributed by atoms with Gasteiger partial charge in [0.15, 0.2) is 0 Å². The van der Waals surface area contributed by atoms with Gasteiger partial charge in [0, 0.05) is 18.3 Å². The summed E-state index contributed by atoms with van der Waals surface area (Å²) in [6, 6.07) is 4.84. The molecule has 20 heavy (non-hydrogen) atoms. The molecular formula is C15H23N3O2. The predicted molar refractivity (Wildman–Crippen MR) is 81.5 cm³/mol. The van der Waals surface area contributed by atoms with Gasteiger partial charge < -0.3 is 16.4 Å². The van der Waals surface area contributed by atoms with Crippen LogP contribution in [0.25, 0.3) is 0 Å². The molecule has 1 aromatic rings. The summed E-state index contributed by atoms with van der Waals surface area (Å²) in [6.07, 6.45) is 0.635. The van der Waals surface area contributed by atoms with Crippen molar-refractivity contribution in [2.75, 3.05) is 10.6 Å². The zero-order valence-electron chi connectivity index (χ0n) is 12.5. The molecule has 1 rings (SSSR count). The molecule has 1 unspecified atom stereocenters. The van der Waals surface area contributed by atoms with Crippen molar-refractivity contribution in [3.05, 3.63) is 23.8 Å². The van der Waals surface area contributed by atoms with Crippen molar-refractivity contribution in [2.24, 2.45) is 11.7 Å². The zero-order valence-corrected chi connectivity index (χ0v) is 12.5. The fourth-order valence-corrected chi connectivity index (χ4v) is 1.87. The Balaban J connectivity index is 2.77. The molecule has 2 amide bonds. The Hall–Kier alpha value is -1.88. The molecule has 0 aliphatic heterocycles. The number of nitrogens with one attached hydrogen (secondary N) is 2. The molecule has 0 spiro atoms. The molecule has 5 nitrogen and oxygen atoms in total. The first kappa shape index (κ1) is 16.2. The van der Waals surface area contributed by atoms with E-state index in [1.165, 1.54) is 6.92 Å². The minimum atomic E-state index is -0.527. The van der Waals surface area contributed by atoms with E-state index in [1.54, 1.807) is 12.1 Å². The van der Waals surface area contributed by atoms with E-state index < -0.39 is 6.04 Å². The highest BCUT2D eigenvalue weighted by Crippen LogP contribution is 2.20. The van der Waals surface area contributed by atoms with Crippen molar-refractivity contribution in [3.63, 3.8) is 0 Å². The fraction of sp³-hybridized carbons (Fsp3) is 0.467. The SMILES string of the molecule is CC(=O)Nc1cc(NC(=O)C(N)CC(C)C)ccc1C. The first-order chi connectivity index (χ1) is 9.29. The zero-order chi connectivity index (χ0) is 15.3. The van der Waals surface area contributed by atoms with E-state index in [2.05, 4.69) is 10.6 Å². The molecule has 0 saturated heterocycles. The highest BCUT2D eigenvalue weighted by Gasteiger charge is 2.15. The van der Waals surface area contributed by atoms with Crippen molar-refractivity contribution >= 4 is 23.2 Å². The first-order valence-electron chi connectivity index (χ1n) is 6.74. The van der Waals surface area contributed by atoms with Crippen LogP contribution in [-0.2, 0) is 9.59 Å². The Morgan fingerprint density at radius 3 is 2.45 bits per heavy atom. The number of nitrogens with two attached hydrogens (primary N) is 1. The van der Waals surface area contributed by atoms with E-state index in [4.69, 9.17) is 5.73 Å². The third-order valence-corrected chi connectivity index (χ3v) is 2.88. The molecule has 5 heteroatoms. The second kappa shape index (κ2) is 7.05. The maximum atomic E-state index is 11.9. The molecular weight excluding hydrogens is 254 g/mol. The number of carbonyl (C=O) groups excluding carboxylic acids is 2. The predicted octanol–water partition coefficient (Wildman–Crippen LogP) is 2.27. The molecule has 0 saturated carbocycles. The van der Waals surface area contributed by atoms with E-state index in [9.17, 15) is 9.59 Å². The number of hydrogen-bond acceptors (Lipinski definition) is 3. The Kier molecular flexibility index (Phi) is 5.70. The molecule has 1 atom stereocenters. The monoisotopic (exact) mass is 277 g/mol. The first-order valence-corrected chi connectivity index (χ1v) is 6.74. The minimum Gasteiger partial charge on any atom is -0.326 e. The van der Waals surface area contributed by atoms with Crippen LogP contribution in [0.2, 0.25) is 0 Å². The van der Waals surface area contributed by atoms with Crippen LogP contribution in [0.1, 0.15) is 32.8 Å². The molecule has 0 aliphatic rings. The van der Waals surface area contributed by atoms with Gasteiger partial charge in [0.2, 0.25) is 11.8 Å². The molecule has 0 fully saturated rings. The lowest BCUT2D eigenvalue weighted by molar-refractivity contribution is -0.117. The maximum absolute atomic E-state index is 11.9. The van der Waals surface area contributed by atoms with Crippen LogP contribution < -0.4 is 16.4 Å². The van der Waals surface area contributed by atoms with Crippen LogP contribution >= 0.6 is 0 Å². The third kappa shape index (κ3) is 5.01. The summed E-state index contributed by atoms with van der Waals surface area (Å²) >= 11 is 0. The molecule has 0 aromatic heterocycles. The van der Waals surface area contributed by atoms with E-state index in [0.29, 0.717) is 23.7 Å². The van der Waals surface area contributed by atoms with Crippen molar-refractivity contribution in [3.8, 4) is 0 Å². The van der Waals surface area contributed by atoms with Crippen molar-refractivity contribution < 1.29 is 9.59 Å². The van der Waals surface area contributed by atoms with Gasteiger partial charge in [0.05, 0.1) is 6.04 Å².